The highest BCUT2D eigenvalue weighted by atomic mass is 31.2. The Hall–Kier alpha value is -0.230. The van der Waals surface area contributed by atoms with Crippen molar-refractivity contribution in [1.82, 2.24) is 0 Å². The van der Waals surface area contributed by atoms with Gasteiger partial charge < -0.3 is 23.6 Å². The molecule has 0 amide bonds. The fourth-order valence-electron chi connectivity index (χ4n) is 2.18. The summed E-state index contributed by atoms with van der Waals surface area (Å²) in [5, 5.41) is 9.16. The van der Waals surface area contributed by atoms with Crippen LogP contribution in [0.2, 0.25) is 0 Å². The second-order valence-electron chi connectivity index (χ2n) is 5.12. The summed E-state index contributed by atoms with van der Waals surface area (Å²) in [4.78, 5) is 0. The molecule has 1 fully saturated rings. The van der Waals surface area contributed by atoms with Crippen LogP contribution >= 0.6 is 7.60 Å². The van der Waals surface area contributed by atoms with Crippen molar-refractivity contribution in [1.29, 1.82) is 0 Å². The Labute approximate surface area is 133 Å². The Morgan fingerprint density at radius 2 is 2.05 bits per heavy atom. The van der Waals surface area contributed by atoms with Crippen molar-refractivity contribution in [3.05, 3.63) is 11.9 Å². The summed E-state index contributed by atoms with van der Waals surface area (Å²) >= 11 is 0. The summed E-state index contributed by atoms with van der Waals surface area (Å²) in [6, 6.07) is 0. The lowest BCUT2D eigenvalue weighted by molar-refractivity contribution is -0.167. The zero-order chi connectivity index (χ0) is 16.3. The lowest BCUT2D eigenvalue weighted by atomic mass is 10.1. The van der Waals surface area contributed by atoms with Crippen LogP contribution in [0.1, 0.15) is 39.5 Å². The standard InChI is InChI=1S/C15H29O6P/c1-3-20-22(17,21-4-2)12-9-14(8-10-16)13-19-15-7-5-6-11-18-15/h9,12,14-16H,3-8,10-11,13H2,1-2H3/b12-9+/t14-,15+/m1/s1. The van der Waals surface area contributed by atoms with E-state index in [1.54, 1.807) is 19.9 Å². The summed E-state index contributed by atoms with van der Waals surface area (Å²) in [7, 11) is -3.20. The maximum absolute atomic E-state index is 12.4. The zero-order valence-electron chi connectivity index (χ0n) is 13.6. The van der Waals surface area contributed by atoms with Crippen molar-refractivity contribution < 1.29 is 28.2 Å². The van der Waals surface area contributed by atoms with E-state index in [-0.39, 0.29) is 18.8 Å². The van der Waals surface area contributed by atoms with E-state index in [4.69, 9.17) is 23.6 Å². The van der Waals surface area contributed by atoms with E-state index in [1.807, 2.05) is 0 Å². The summed E-state index contributed by atoms with van der Waals surface area (Å²) < 4.78 is 34.0. The van der Waals surface area contributed by atoms with E-state index >= 15 is 0 Å². The number of hydrogen-bond acceptors (Lipinski definition) is 6. The van der Waals surface area contributed by atoms with Crippen molar-refractivity contribution in [3.63, 3.8) is 0 Å². The highest BCUT2D eigenvalue weighted by molar-refractivity contribution is 7.57. The Balaban J connectivity index is 2.52. The van der Waals surface area contributed by atoms with Gasteiger partial charge in [-0.25, -0.2) is 0 Å². The van der Waals surface area contributed by atoms with Crippen LogP contribution in [0.4, 0.5) is 0 Å². The smallest absolute Gasteiger partial charge is 0.353 e. The summed E-state index contributed by atoms with van der Waals surface area (Å²) in [6.07, 6.45) is 5.19. The Bertz CT molecular complexity index is 344. The van der Waals surface area contributed by atoms with Gasteiger partial charge in [0.1, 0.15) is 0 Å². The van der Waals surface area contributed by atoms with Gasteiger partial charge in [0, 0.05) is 24.9 Å². The number of rotatable bonds is 11. The van der Waals surface area contributed by atoms with Crippen molar-refractivity contribution in [2.45, 2.75) is 45.8 Å². The minimum atomic E-state index is -3.20. The Morgan fingerprint density at radius 3 is 2.59 bits per heavy atom. The first-order valence-electron chi connectivity index (χ1n) is 8.05. The molecule has 1 N–H and O–H groups in total. The van der Waals surface area contributed by atoms with Crippen LogP contribution in [0.5, 0.6) is 0 Å². The molecule has 0 bridgehead atoms. The molecule has 1 aliphatic rings. The van der Waals surface area contributed by atoms with E-state index in [1.165, 1.54) is 5.82 Å². The average Bonchev–Trinajstić information content (AvgIpc) is 2.52. The van der Waals surface area contributed by atoms with Gasteiger partial charge in [-0.3, -0.25) is 4.57 Å². The third-order valence-electron chi connectivity index (χ3n) is 3.29. The van der Waals surface area contributed by atoms with Crippen LogP contribution in [-0.4, -0.2) is 44.4 Å². The number of aliphatic hydroxyl groups is 1. The molecule has 0 unspecified atom stereocenters. The first-order chi connectivity index (χ1) is 10.6. The fourth-order valence-corrected chi connectivity index (χ4v) is 3.61. The monoisotopic (exact) mass is 336 g/mol. The first kappa shape index (κ1) is 19.8. The molecule has 0 aromatic heterocycles. The SMILES string of the molecule is CCOP(=O)(/C=C/[C@@H](CCO)CO[C@H]1CCCCO1)OCC. The Kier molecular flexibility index (Phi) is 10.2. The van der Waals surface area contributed by atoms with Gasteiger partial charge in [-0.1, -0.05) is 6.08 Å². The van der Waals surface area contributed by atoms with Crippen molar-refractivity contribution >= 4 is 7.60 Å². The van der Waals surface area contributed by atoms with Gasteiger partial charge >= 0.3 is 7.60 Å². The molecule has 0 aromatic carbocycles. The maximum Gasteiger partial charge on any atom is 0.353 e. The summed E-state index contributed by atoms with van der Waals surface area (Å²) in [6.45, 7) is 5.37. The molecule has 0 aliphatic carbocycles. The van der Waals surface area contributed by atoms with Gasteiger partial charge in [-0.05, 0) is 39.5 Å². The predicted octanol–water partition coefficient (Wildman–Crippen LogP) is 3.31. The number of aliphatic hydroxyl groups excluding tert-OH is 1. The third-order valence-corrected chi connectivity index (χ3v) is 5.07. The average molecular weight is 336 g/mol. The second-order valence-corrected chi connectivity index (χ2v) is 7.01. The maximum atomic E-state index is 12.4. The predicted molar refractivity (Wildman–Crippen MR) is 84.7 cm³/mol. The molecule has 6 nitrogen and oxygen atoms in total. The van der Waals surface area contributed by atoms with Gasteiger partial charge in [-0.2, -0.15) is 0 Å². The minimum Gasteiger partial charge on any atom is -0.396 e. The van der Waals surface area contributed by atoms with E-state index < -0.39 is 7.60 Å². The summed E-state index contributed by atoms with van der Waals surface area (Å²) in [5.41, 5.74) is 0. The van der Waals surface area contributed by atoms with Crippen LogP contribution in [0.15, 0.2) is 11.9 Å². The normalized spacial score (nSPS) is 21.3. The molecule has 0 spiro atoms. The van der Waals surface area contributed by atoms with Gasteiger partial charge in [0.05, 0.1) is 19.8 Å². The molecule has 1 aliphatic heterocycles. The van der Waals surface area contributed by atoms with Gasteiger partial charge in [-0.15, -0.1) is 0 Å². The lowest BCUT2D eigenvalue weighted by Crippen LogP contribution is -2.25. The van der Waals surface area contributed by atoms with Crippen LogP contribution in [0, 0.1) is 5.92 Å². The molecule has 2 atom stereocenters. The molecule has 7 heteroatoms. The van der Waals surface area contributed by atoms with E-state index in [0.29, 0.717) is 26.2 Å². The van der Waals surface area contributed by atoms with Crippen molar-refractivity contribution in [3.8, 4) is 0 Å². The molecule has 1 rings (SSSR count). The highest BCUT2D eigenvalue weighted by Crippen LogP contribution is 2.49. The summed E-state index contributed by atoms with van der Waals surface area (Å²) in [5.74, 6) is 1.43. The molecular weight excluding hydrogens is 307 g/mol. The van der Waals surface area contributed by atoms with E-state index in [9.17, 15) is 4.57 Å². The molecule has 22 heavy (non-hydrogen) atoms. The molecule has 1 saturated heterocycles. The second kappa shape index (κ2) is 11.3. The van der Waals surface area contributed by atoms with Gasteiger partial charge in [0.2, 0.25) is 0 Å². The third kappa shape index (κ3) is 7.86. The quantitative estimate of drug-likeness (QED) is 0.584. The molecule has 0 aromatic rings. The zero-order valence-corrected chi connectivity index (χ0v) is 14.5. The lowest BCUT2D eigenvalue weighted by Gasteiger charge is -2.24. The molecule has 130 valence electrons. The molecule has 0 radical (unpaired) electrons. The van der Waals surface area contributed by atoms with Crippen LogP contribution < -0.4 is 0 Å². The number of hydrogen-bond donors (Lipinski definition) is 1. The van der Waals surface area contributed by atoms with Crippen LogP contribution in [0.3, 0.4) is 0 Å². The Morgan fingerprint density at radius 1 is 1.32 bits per heavy atom. The van der Waals surface area contributed by atoms with Gasteiger partial charge in [0.15, 0.2) is 6.29 Å². The minimum absolute atomic E-state index is 0.0391. The number of ether oxygens (including phenoxy) is 2. The largest absolute Gasteiger partial charge is 0.396 e. The van der Waals surface area contributed by atoms with Crippen molar-refractivity contribution in [2.75, 3.05) is 33.0 Å². The first-order valence-corrected chi connectivity index (χ1v) is 9.67. The van der Waals surface area contributed by atoms with Crippen molar-refractivity contribution in [2.24, 2.45) is 5.92 Å². The molecule has 0 saturated carbocycles. The van der Waals surface area contributed by atoms with Crippen LogP contribution in [-0.2, 0) is 23.1 Å². The van der Waals surface area contributed by atoms with E-state index in [2.05, 4.69) is 0 Å². The fraction of sp³-hybridized carbons (Fsp3) is 0.867. The van der Waals surface area contributed by atoms with E-state index in [0.717, 1.165) is 25.9 Å². The highest BCUT2D eigenvalue weighted by Gasteiger charge is 2.21. The van der Waals surface area contributed by atoms with Crippen LogP contribution in [0.25, 0.3) is 0 Å². The molecular formula is C15H29O6P. The molecule has 1 heterocycles. The van der Waals surface area contributed by atoms with Gasteiger partial charge in [0.25, 0.3) is 0 Å². The topological polar surface area (TPSA) is 74.2 Å².